The van der Waals surface area contributed by atoms with Crippen LogP contribution in [0.5, 0.6) is 5.75 Å². The lowest BCUT2D eigenvalue weighted by Crippen LogP contribution is -2.57. The van der Waals surface area contributed by atoms with Crippen molar-refractivity contribution < 1.29 is 14.3 Å². The number of ether oxygens (including phenoxy) is 1. The topological polar surface area (TPSA) is 49.9 Å². The minimum Gasteiger partial charge on any atom is -0.484 e. The summed E-state index contributed by atoms with van der Waals surface area (Å²) in [7, 11) is 0. The van der Waals surface area contributed by atoms with E-state index in [4.69, 9.17) is 4.74 Å². The van der Waals surface area contributed by atoms with Gasteiger partial charge in [0.1, 0.15) is 5.75 Å². The molecule has 0 saturated carbocycles. The molecule has 2 amide bonds. The van der Waals surface area contributed by atoms with Crippen molar-refractivity contribution in [2.75, 3.05) is 26.2 Å². The molecule has 152 valence electrons. The fourth-order valence-electron chi connectivity index (χ4n) is 4.56. The second-order valence-corrected chi connectivity index (χ2v) is 7.95. The SMILES string of the molecule is O=C(COc1ccccc1)N1CC[C@H]2[C@H](CCCN2C(=O)Cc2ccccc2)C1. The van der Waals surface area contributed by atoms with Crippen LogP contribution in [0.1, 0.15) is 24.8 Å². The number of hydrogen-bond donors (Lipinski definition) is 0. The van der Waals surface area contributed by atoms with Crippen molar-refractivity contribution in [2.45, 2.75) is 31.7 Å². The van der Waals surface area contributed by atoms with E-state index in [-0.39, 0.29) is 24.5 Å². The van der Waals surface area contributed by atoms with Crippen molar-refractivity contribution in [1.29, 1.82) is 0 Å². The van der Waals surface area contributed by atoms with Crippen molar-refractivity contribution in [3.8, 4) is 5.75 Å². The Morgan fingerprint density at radius 3 is 2.38 bits per heavy atom. The summed E-state index contributed by atoms with van der Waals surface area (Å²) >= 11 is 0. The average molecular weight is 392 g/mol. The Kier molecular flexibility index (Phi) is 6.13. The third kappa shape index (κ3) is 4.78. The van der Waals surface area contributed by atoms with Crippen molar-refractivity contribution >= 4 is 11.8 Å². The van der Waals surface area contributed by atoms with Crippen LogP contribution in [0.3, 0.4) is 0 Å². The number of carbonyl (C=O) groups excluding carboxylic acids is 2. The van der Waals surface area contributed by atoms with E-state index in [1.165, 1.54) is 0 Å². The zero-order chi connectivity index (χ0) is 20.1. The molecule has 0 aromatic heterocycles. The summed E-state index contributed by atoms with van der Waals surface area (Å²) in [5, 5.41) is 0. The monoisotopic (exact) mass is 392 g/mol. The Hall–Kier alpha value is -2.82. The average Bonchev–Trinajstić information content (AvgIpc) is 2.78. The van der Waals surface area contributed by atoms with E-state index in [0.29, 0.717) is 24.6 Å². The number of carbonyl (C=O) groups is 2. The van der Waals surface area contributed by atoms with Crippen LogP contribution in [-0.2, 0) is 16.0 Å². The van der Waals surface area contributed by atoms with Gasteiger partial charge in [0.05, 0.1) is 6.42 Å². The molecule has 2 atom stereocenters. The van der Waals surface area contributed by atoms with Gasteiger partial charge >= 0.3 is 0 Å². The Balaban J connectivity index is 1.32. The van der Waals surface area contributed by atoms with Crippen molar-refractivity contribution in [3.63, 3.8) is 0 Å². The molecule has 2 aliphatic heterocycles. The lowest BCUT2D eigenvalue weighted by atomic mass is 9.83. The Labute approximate surface area is 172 Å². The highest BCUT2D eigenvalue weighted by molar-refractivity contribution is 5.80. The largest absolute Gasteiger partial charge is 0.484 e. The highest BCUT2D eigenvalue weighted by Crippen LogP contribution is 2.31. The van der Waals surface area contributed by atoms with Crippen molar-refractivity contribution in [1.82, 2.24) is 9.80 Å². The van der Waals surface area contributed by atoms with Gasteiger partial charge in [-0.25, -0.2) is 0 Å². The molecule has 5 heteroatoms. The molecule has 2 heterocycles. The highest BCUT2D eigenvalue weighted by atomic mass is 16.5. The van der Waals surface area contributed by atoms with E-state index in [0.717, 1.165) is 37.9 Å². The van der Waals surface area contributed by atoms with Gasteiger partial charge < -0.3 is 14.5 Å². The Morgan fingerprint density at radius 1 is 0.897 bits per heavy atom. The first-order chi connectivity index (χ1) is 14.2. The molecular weight excluding hydrogens is 364 g/mol. The van der Waals surface area contributed by atoms with Crippen LogP contribution in [0.2, 0.25) is 0 Å². The normalized spacial score (nSPS) is 21.4. The molecule has 0 radical (unpaired) electrons. The Morgan fingerprint density at radius 2 is 1.62 bits per heavy atom. The van der Waals surface area contributed by atoms with E-state index in [1.807, 2.05) is 65.6 Å². The van der Waals surface area contributed by atoms with Crippen LogP contribution in [0.15, 0.2) is 60.7 Å². The van der Waals surface area contributed by atoms with E-state index in [1.54, 1.807) is 0 Å². The number of nitrogens with zero attached hydrogens (tertiary/aromatic N) is 2. The van der Waals surface area contributed by atoms with Crippen LogP contribution in [0.25, 0.3) is 0 Å². The van der Waals surface area contributed by atoms with Crippen molar-refractivity contribution in [3.05, 3.63) is 66.2 Å². The predicted octanol–water partition coefficient (Wildman–Crippen LogP) is 3.15. The maximum Gasteiger partial charge on any atom is 0.260 e. The van der Waals surface area contributed by atoms with Gasteiger partial charge in [0.15, 0.2) is 6.61 Å². The van der Waals surface area contributed by atoms with Gasteiger partial charge in [-0.2, -0.15) is 0 Å². The predicted molar refractivity (Wildman–Crippen MR) is 112 cm³/mol. The number of para-hydroxylation sites is 1. The maximum atomic E-state index is 12.9. The summed E-state index contributed by atoms with van der Waals surface area (Å²) in [6.07, 6.45) is 3.38. The molecule has 2 aliphatic rings. The van der Waals surface area contributed by atoms with Gasteiger partial charge in [-0.05, 0) is 42.9 Å². The second kappa shape index (κ2) is 9.12. The molecule has 0 spiro atoms. The van der Waals surface area contributed by atoms with Gasteiger partial charge in [-0.3, -0.25) is 9.59 Å². The molecule has 0 bridgehead atoms. The van der Waals surface area contributed by atoms with Gasteiger partial charge in [0.25, 0.3) is 5.91 Å². The molecule has 2 aromatic carbocycles. The van der Waals surface area contributed by atoms with E-state index >= 15 is 0 Å². The first-order valence-corrected chi connectivity index (χ1v) is 10.5. The molecule has 2 saturated heterocycles. The van der Waals surface area contributed by atoms with Crippen LogP contribution in [-0.4, -0.2) is 53.9 Å². The van der Waals surface area contributed by atoms with Crippen LogP contribution in [0, 0.1) is 5.92 Å². The van der Waals surface area contributed by atoms with E-state index in [9.17, 15) is 9.59 Å². The lowest BCUT2D eigenvalue weighted by Gasteiger charge is -2.47. The number of likely N-dealkylation sites (tertiary alicyclic amines) is 2. The van der Waals surface area contributed by atoms with E-state index < -0.39 is 0 Å². The molecule has 0 N–H and O–H groups in total. The van der Waals surface area contributed by atoms with Crippen LogP contribution >= 0.6 is 0 Å². The summed E-state index contributed by atoms with van der Waals surface area (Å²) in [6.45, 7) is 2.31. The number of piperidine rings is 2. The molecule has 0 unspecified atom stereocenters. The van der Waals surface area contributed by atoms with Gasteiger partial charge in [0, 0.05) is 25.7 Å². The quantitative estimate of drug-likeness (QED) is 0.785. The summed E-state index contributed by atoms with van der Waals surface area (Å²) < 4.78 is 5.63. The van der Waals surface area contributed by atoms with Gasteiger partial charge in [-0.15, -0.1) is 0 Å². The summed E-state index contributed by atoms with van der Waals surface area (Å²) in [4.78, 5) is 29.5. The van der Waals surface area contributed by atoms with Gasteiger partial charge in [0.2, 0.25) is 5.91 Å². The third-order valence-corrected chi connectivity index (χ3v) is 6.04. The zero-order valence-electron chi connectivity index (χ0n) is 16.7. The highest BCUT2D eigenvalue weighted by Gasteiger charge is 2.39. The molecule has 2 aromatic rings. The number of rotatable bonds is 5. The number of benzene rings is 2. The molecule has 2 fully saturated rings. The first kappa shape index (κ1) is 19.5. The fourth-order valence-corrected chi connectivity index (χ4v) is 4.56. The number of amides is 2. The fraction of sp³-hybridized carbons (Fsp3) is 0.417. The van der Waals surface area contributed by atoms with Gasteiger partial charge in [-0.1, -0.05) is 48.5 Å². The van der Waals surface area contributed by atoms with E-state index in [2.05, 4.69) is 4.90 Å². The lowest BCUT2D eigenvalue weighted by molar-refractivity contribution is -0.142. The molecule has 0 aliphatic carbocycles. The van der Waals surface area contributed by atoms with Crippen molar-refractivity contribution in [2.24, 2.45) is 5.92 Å². The van der Waals surface area contributed by atoms with Crippen LogP contribution < -0.4 is 4.74 Å². The third-order valence-electron chi connectivity index (χ3n) is 6.04. The standard InChI is InChI=1S/C24H28N2O3/c27-23(16-19-8-3-1-4-9-19)26-14-7-10-20-17-25(15-13-22(20)26)24(28)18-29-21-11-5-2-6-12-21/h1-6,8-9,11-12,20,22H,7,10,13-18H2/t20-,22+/m1/s1. The number of fused-ring (bicyclic) bond motifs is 1. The maximum absolute atomic E-state index is 12.9. The Bertz CT molecular complexity index is 825. The summed E-state index contributed by atoms with van der Waals surface area (Å²) in [5.41, 5.74) is 1.06. The second-order valence-electron chi connectivity index (χ2n) is 7.95. The molecule has 29 heavy (non-hydrogen) atoms. The first-order valence-electron chi connectivity index (χ1n) is 10.5. The number of hydrogen-bond acceptors (Lipinski definition) is 3. The minimum atomic E-state index is 0.0278. The zero-order valence-corrected chi connectivity index (χ0v) is 16.7. The minimum absolute atomic E-state index is 0.0278. The van der Waals surface area contributed by atoms with Crippen LogP contribution in [0.4, 0.5) is 0 Å². The summed E-state index contributed by atoms with van der Waals surface area (Å²) in [6, 6.07) is 19.6. The smallest absolute Gasteiger partial charge is 0.260 e. The molecule has 5 nitrogen and oxygen atoms in total. The summed E-state index contributed by atoms with van der Waals surface area (Å²) in [5.74, 6) is 1.31. The molecular formula is C24H28N2O3. The molecule has 4 rings (SSSR count).